The van der Waals surface area contributed by atoms with Crippen molar-refractivity contribution >= 4 is 51.1 Å². The van der Waals surface area contributed by atoms with E-state index in [9.17, 15) is 18.0 Å². The smallest absolute Gasteiger partial charge is 0.303 e. The zero-order valence-corrected chi connectivity index (χ0v) is 34.5. The number of anilines is 2. The predicted molar refractivity (Wildman–Crippen MR) is 249 cm³/mol. The summed E-state index contributed by atoms with van der Waals surface area (Å²) in [6.45, 7) is 8.74. The second-order valence-electron chi connectivity index (χ2n) is 12.0. The fraction of sp³-hybridized carbons (Fsp3) is 0.107. The van der Waals surface area contributed by atoms with Gasteiger partial charge < -0.3 is 4.90 Å². The number of nitriles is 1. The first-order chi connectivity index (χ1) is 31.7. The van der Waals surface area contributed by atoms with Crippen LogP contribution in [0.25, 0.3) is 15.6 Å². The minimum atomic E-state index is -4.72. The van der Waals surface area contributed by atoms with Gasteiger partial charge in [0.25, 0.3) is 5.91 Å². The highest BCUT2D eigenvalue weighted by molar-refractivity contribution is 7.81. The normalized spacial score (nSPS) is 10.7. The Morgan fingerprint density at radius 1 is 0.600 bits per heavy atom. The van der Waals surface area contributed by atoms with Crippen molar-refractivity contribution in [2.75, 3.05) is 9.80 Å². The molecular weight excluding hydrogens is 834 g/mol. The standard InChI is InChI=1S/C32H3N.C24H16F3N3OS/c1-2-3-4-5-6-7-8-9-10-11-12-13-14-15-16-17-18-19-20-21-22-23-24-25-26-27-28-29-30-31-32-33;1-28-20-10-9-17(14-19(20)24(25,26)27)29-21(31)23(11-4-12-23)30(22(29)32)18-8-7-15-5-2-3-6-16(15)13-18/h1H3;2-3,5-10,13-14H,4,11-12H2. The van der Waals surface area contributed by atoms with Crippen molar-refractivity contribution < 1.29 is 18.0 Å². The monoisotopic (exact) mass is 852 g/mol. The summed E-state index contributed by atoms with van der Waals surface area (Å²) in [5, 5.41) is 10.3. The van der Waals surface area contributed by atoms with E-state index in [1.807, 2.05) is 42.5 Å². The average molecular weight is 853 g/mol. The highest BCUT2D eigenvalue weighted by Gasteiger charge is 2.59. The van der Waals surface area contributed by atoms with Crippen LogP contribution in [0.15, 0.2) is 60.7 Å². The molecule has 2 aliphatic rings. The van der Waals surface area contributed by atoms with Crippen molar-refractivity contribution in [2.45, 2.75) is 37.9 Å². The number of nitrogens with zero attached hydrogens (tertiary/aromatic N) is 4. The SMILES string of the molecule is CC#CC#CC#CC#CC#CC#CC#CC#CC#CC#CC#CC#CC#CC#CC#CC#N.[C-]#[N+]c1ccc(N2C(=O)C3(CCC3)N(c3ccc4ccccc4c3)C2=S)cc1C(F)(F)F. The van der Waals surface area contributed by atoms with Crippen molar-refractivity contribution in [1.29, 1.82) is 5.26 Å². The van der Waals surface area contributed by atoms with Crippen LogP contribution in [0.5, 0.6) is 0 Å². The van der Waals surface area contributed by atoms with Crippen molar-refractivity contribution in [3.8, 4) is 184 Å². The Morgan fingerprint density at radius 2 is 1.02 bits per heavy atom. The summed E-state index contributed by atoms with van der Waals surface area (Å²) >= 11 is 5.66. The molecule has 0 aromatic heterocycles. The Morgan fingerprint density at radius 3 is 1.40 bits per heavy atom. The minimum Gasteiger partial charge on any atom is -0.303 e. The van der Waals surface area contributed by atoms with Crippen molar-refractivity contribution in [1.82, 2.24) is 0 Å². The van der Waals surface area contributed by atoms with Crippen LogP contribution >= 0.6 is 12.2 Å². The molecule has 1 saturated heterocycles. The molecular formula is C56H19F3N4OS. The maximum atomic E-state index is 13.5. The van der Waals surface area contributed by atoms with E-state index >= 15 is 0 Å². The Bertz CT molecular complexity index is 3600. The van der Waals surface area contributed by atoms with E-state index in [2.05, 4.69) is 182 Å². The van der Waals surface area contributed by atoms with Gasteiger partial charge in [-0.3, -0.25) is 9.69 Å². The topological polar surface area (TPSA) is 51.7 Å². The Labute approximate surface area is 381 Å². The fourth-order valence-corrected chi connectivity index (χ4v) is 5.91. The quantitative estimate of drug-likeness (QED) is 0.158. The summed E-state index contributed by atoms with van der Waals surface area (Å²) in [6.07, 6.45) is -2.74. The van der Waals surface area contributed by atoms with Gasteiger partial charge >= 0.3 is 6.18 Å². The number of alkyl halides is 3. The van der Waals surface area contributed by atoms with E-state index in [4.69, 9.17) is 24.1 Å². The molecule has 296 valence electrons. The van der Waals surface area contributed by atoms with Crippen LogP contribution in [0.1, 0.15) is 31.7 Å². The van der Waals surface area contributed by atoms with Crippen LogP contribution in [0.2, 0.25) is 0 Å². The highest BCUT2D eigenvalue weighted by atomic mass is 32.1. The number of hydrogen-bond acceptors (Lipinski definition) is 3. The summed E-state index contributed by atoms with van der Waals surface area (Å²) in [4.78, 5) is 19.5. The molecule has 5 rings (SSSR count). The third-order valence-corrected chi connectivity index (χ3v) is 8.54. The number of carbonyl (C=O) groups is 1. The van der Waals surface area contributed by atoms with E-state index < -0.39 is 23.0 Å². The average Bonchev–Trinajstić information content (AvgIpc) is 3.54. The Hall–Kier alpha value is -10.6. The van der Waals surface area contributed by atoms with E-state index in [1.165, 1.54) is 11.0 Å². The first-order valence-electron chi connectivity index (χ1n) is 18.2. The molecule has 3 aromatic carbocycles. The maximum Gasteiger partial charge on any atom is 0.407 e. The molecule has 1 amide bonds. The van der Waals surface area contributed by atoms with Crippen LogP contribution < -0.4 is 9.80 Å². The maximum absolute atomic E-state index is 13.5. The third kappa shape index (κ3) is 14.0. The van der Waals surface area contributed by atoms with Crippen molar-refractivity contribution in [3.63, 3.8) is 0 Å². The van der Waals surface area contributed by atoms with Gasteiger partial charge in [0.05, 0.1) is 12.1 Å². The first-order valence-corrected chi connectivity index (χ1v) is 18.7. The van der Waals surface area contributed by atoms with Gasteiger partial charge in [-0.2, -0.15) is 18.4 Å². The van der Waals surface area contributed by atoms with Gasteiger partial charge in [-0.05, 0) is 121 Å². The number of halogens is 3. The van der Waals surface area contributed by atoms with Crippen LogP contribution in [0.3, 0.4) is 0 Å². The van der Waals surface area contributed by atoms with Crippen LogP contribution in [0, 0.1) is 196 Å². The number of carbonyl (C=O) groups excluding carboxylic acids is 1. The van der Waals surface area contributed by atoms with E-state index in [1.54, 1.807) is 17.9 Å². The number of fused-ring (bicyclic) bond motifs is 1. The zero-order chi connectivity index (χ0) is 46.6. The van der Waals surface area contributed by atoms with Crippen LogP contribution in [-0.4, -0.2) is 16.6 Å². The third-order valence-electron chi connectivity index (χ3n) is 8.18. The second kappa shape index (κ2) is 25.2. The lowest BCUT2D eigenvalue weighted by atomic mass is 9.75. The van der Waals surface area contributed by atoms with Gasteiger partial charge in [0, 0.05) is 136 Å². The molecule has 0 radical (unpaired) electrons. The Kier molecular flexibility index (Phi) is 18.2. The molecule has 1 spiro atoms. The van der Waals surface area contributed by atoms with Gasteiger partial charge in [0.1, 0.15) is 5.54 Å². The molecule has 0 unspecified atom stereocenters. The lowest BCUT2D eigenvalue weighted by molar-refractivity contribution is -0.137. The Balaban J connectivity index is 0.000000284. The summed E-state index contributed by atoms with van der Waals surface area (Å²) in [6, 6.07) is 18.5. The van der Waals surface area contributed by atoms with Crippen molar-refractivity contribution in [3.05, 3.63) is 77.6 Å². The van der Waals surface area contributed by atoms with E-state index in [0.717, 1.165) is 35.0 Å². The molecule has 2 fully saturated rings. The van der Waals surface area contributed by atoms with Crippen LogP contribution in [-0.2, 0) is 11.0 Å². The number of amides is 1. The van der Waals surface area contributed by atoms with Gasteiger partial charge in [-0.25, -0.2) is 4.85 Å². The molecule has 1 heterocycles. The first kappa shape index (κ1) is 47.1. The van der Waals surface area contributed by atoms with Gasteiger partial charge in [0.15, 0.2) is 16.9 Å². The number of hydrogen-bond donors (Lipinski definition) is 0. The lowest BCUT2D eigenvalue weighted by Gasteiger charge is -2.43. The highest BCUT2D eigenvalue weighted by Crippen LogP contribution is 2.49. The molecule has 0 bridgehead atoms. The largest absolute Gasteiger partial charge is 0.407 e. The van der Waals surface area contributed by atoms with Crippen LogP contribution in [0.4, 0.5) is 30.2 Å². The number of thiocarbonyl (C=S) groups is 1. The predicted octanol–water partition coefficient (Wildman–Crippen LogP) is 7.05. The van der Waals surface area contributed by atoms with Gasteiger partial charge in [-0.1, -0.05) is 42.3 Å². The van der Waals surface area contributed by atoms with Gasteiger partial charge in [-0.15, -0.1) is 0 Å². The fourth-order valence-electron chi connectivity index (χ4n) is 5.45. The van der Waals surface area contributed by atoms with E-state index in [-0.39, 0.29) is 16.7 Å². The minimum absolute atomic E-state index is 0.0225. The molecule has 1 aliphatic heterocycles. The summed E-state index contributed by atoms with van der Waals surface area (Å²) < 4.78 is 40.6. The summed E-state index contributed by atoms with van der Waals surface area (Å²) in [7, 11) is 0. The molecule has 3 aromatic rings. The van der Waals surface area contributed by atoms with E-state index in [0.29, 0.717) is 12.8 Å². The second-order valence-corrected chi connectivity index (χ2v) is 12.3. The molecule has 5 nitrogen and oxygen atoms in total. The molecule has 1 saturated carbocycles. The lowest BCUT2D eigenvalue weighted by Crippen LogP contribution is -2.55. The number of rotatable bonds is 2. The molecule has 0 N–H and O–H groups in total. The molecule has 1 aliphatic carbocycles. The van der Waals surface area contributed by atoms with Gasteiger partial charge in [0.2, 0.25) is 0 Å². The van der Waals surface area contributed by atoms with Crippen molar-refractivity contribution in [2.24, 2.45) is 0 Å². The summed E-state index contributed by atoms with van der Waals surface area (Å²) in [5.41, 5.74) is -1.72. The molecule has 9 heteroatoms. The number of benzene rings is 3. The molecule has 0 atom stereocenters. The molecule has 65 heavy (non-hydrogen) atoms. The zero-order valence-electron chi connectivity index (χ0n) is 33.6. The summed E-state index contributed by atoms with van der Waals surface area (Å²) in [5.74, 6) is 73.7.